The van der Waals surface area contributed by atoms with Gasteiger partial charge < -0.3 is 24.4 Å². The number of rotatable bonds is 9. The van der Waals surface area contributed by atoms with Gasteiger partial charge in [0.05, 0.1) is 38.6 Å². The maximum absolute atomic E-state index is 11.6. The monoisotopic (exact) mass is 469 g/mol. The standard InChI is InChI=1S/C25H31N3O6/c1-14-18(11-20(32-3)15(2)24(14)33-4)23(29)21(34-16-7-5-6-8-16)13-28-12-19-22(27-28)17(25(30)31)9-10-26-19/h9-12,16,21,23,29H,5-8,13H2,1-4H3,(H,30,31). The minimum atomic E-state index is -1.06. The first-order valence-corrected chi connectivity index (χ1v) is 11.4. The Labute approximate surface area is 198 Å². The van der Waals surface area contributed by atoms with Crippen molar-refractivity contribution in [3.8, 4) is 11.5 Å². The first-order chi connectivity index (χ1) is 16.3. The summed E-state index contributed by atoms with van der Waals surface area (Å²) in [5.41, 5.74) is 3.19. The van der Waals surface area contributed by atoms with Crippen molar-refractivity contribution in [3.63, 3.8) is 0 Å². The Kier molecular flexibility index (Phi) is 7.04. The van der Waals surface area contributed by atoms with Crippen LogP contribution in [0.25, 0.3) is 11.0 Å². The summed E-state index contributed by atoms with van der Waals surface area (Å²) in [5.74, 6) is 0.218. The van der Waals surface area contributed by atoms with E-state index in [0.29, 0.717) is 28.1 Å². The van der Waals surface area contributed by atoms with E-state index in [1.807, 2.05) is 19.9 Å². The van der Waals surface area contributed by atoms with Crippen molar-refractivity contribution in [2.45, 2.75) is 64.4 Å². The van der Waals surface area contributed by atoms with Crippen LogP contribution in [-0.4, -0.2) is 57.4 Å². The Morgan fingerprint density at radius 1 is 1.21 bits per heavy atom. The van der Waals surface area contributed by atoms with Gasteiger partial charge in [-0.3, -0.25) is 9.67 Å². The molecule has 2 heterocycles. The van der Waals surface area contributed by atoms with Gasteiger partial charge in [0.2, 0.25) is 0 Å². The molecule has 2 aromatic heterocycles. The highest BCUT2D eigenvalue weighted by molar-refractivity contribution is 6.00. The van der Waals surface area contributed by atoms with E-state index in [9.17, 15) is 15.0 Å². The fourth-order valence-corrected chi connectivity index (χ4v) is 4.82. The summed E-state index contributed by atoms with van der Waals surface area (Å²) in [5, 5.41) is 25.5. The van der Waals surface area contributed by atoms with E-state index in [0.717, 1.165) is 36.8 Å². The number of fused-ring (bicyclic) bond motifs is 1. The quantitative estimate of drug-likeness (QED) is 0.486. The molecule has 1 aromatic carbocycles. The molecule has 0 amide bonds. The SMILES string of the molecule is COc1cc(C(O)C(Cn2cc3nccc(C(=O)O)c3n2)OC2CCCC2)c(C)c(OC)c1C. The molecule has 182 valence electrons. The predicted molar refractivity (Wildman–Crippen MR) is 126 cm³/mol. The Balaban J connectivity index is 1.72. The van der Waals surface area contributed by atoms with Crippen molar-refractivity contribution in [2.75, 3.05) is 14.2 Å². The minimum Gasteiger partial charge on any atom is -0.496 e. The number of ether oxygens (including phenoxy) is 3. The number of carboxylic acids is 1. The maximum Gasteiger partial charge on any atom is 0.338 e. The molecule has 2 N–H and O–H groups in total. The molecule has 4 rings (SSSR count). The van der Waals surface area contributed by atoms with E-state index in [1.165, 1.54) is 12.3 Å². The minimum absolute atomic E-state index is 0.0480. The van der Waals surface area contributed by atoms with Gasteiger partial charge >= 0.3 is 5.97 Å². The molecule has 1 saturated carbocycles. The number of hydrogen-bond donors (Lipinski definition) is 2. The smallest absolute Gasteiger partial charge is 0.338 e. The Bertz CT molecular complexity index is 1190. The molecule has 2 unspecified atom stereocenters. The van der Waals surface area contributed by atoms with Crippen molar-refractivity contribution in [2.24, 2.45) is 0 Å². The second-order valence-corrected chi connectivity index (χ2v) is 8.73. The highest BCUT2D eigenvalue weighted by atomic mass is 16.5. The zero-order valence-electron chi connectivity index (χ0n) is 19.9. The zero-order chi connectivity index (χ0) is 24.4. The lowest BCUT2D eigenvalue weighted by Gasteiger charge is -2.29. The Hall–Kier alpha value is -3.17. The number of methoxy groups -OCH3 is 2. The molecular weight excluding hydrogens is 438 g/mol. The number of benzene rings is 1. The molecule has 1 aliphatic rings. The Morgan fingerprint density at radius 3 is 2.59 bits per heavy atom. The number of hydrogen-bond acceptors (Lipinski definition) is 7. The van der Waals surface area contributed by atoms with E-state index in [2.05, 4.69) is 10.1 Å². The number of pyridine rings is 1. The zero-order valence-corrected chi connectivity index (χ0v) is 19.9. The lowest BCUT2D eigenvalue weighted by Crippen LogP contribution is -2.32. The summed E-state index contributed by atoms with van der Waals surface area (Å²) in [6.07, 6.45) is 5.64. The Morgan fingerprint density at radius 2 is 1.94 bits per heavy atom. The predicted octanol–water partition coefficient (Wildman–Crippen LogP) is 3.82. The summed E-state index contributed by atoms with van der Waals surface area (Å²) in [7, 11) is 3.18. The number of aliphatic hydroxyl groups is 1. The summed E-state index contributed by atoms with van der Waals surface area (Å²) in [4.78, 5) is 15.8. The molecule has 0 bridgehead atoms. The molecule has 0 saturated heterocycles. The maximum atomic E-state index is 11.6. The van der Waals surface area contributed by atoms with E-state index >= 15 is 0 Å². The van der Waals surface area contributed by atoms with Crippen LogP contribution in [0.5, 0.6) is 11.5 Å². The summed E-state index contributed by atoms with van der Waals surface area (Å²) in [6, 6.07) is 3.25. The van der Waals surface area contributed by atoms with Crippen molar-refractivity contribution >= 4 is 17.0 Å². The fraction of sp³-hybridized carbons (Fsp3) is 0.480. The molecule has 0 aliphatic heterocycles. The summed E-state index contributed by atoms with van der Waals surface area (Å²) >= 11 is 0. The third-order valence-corrected chi connectivity index (χ3v) is 6.58. The summed E-state index contributed by atoms with van der Waals surface area (Å²) in [6.45, 7) is 4.04. The first kappa shape index (κ1) is 24.0. The van der Waals surface area contributed by atoms with E-state index in [1.54, 1.807) is 25.1 Å². The molecule has 9 nitrogen and oxygen atoms in total. The van der Waals surface area contributed by atoms with Gasteiger partial charge in [0.15, 0.2) is 0 Å². The van der Waals surface area contributed by atoms with E-state index in [-0.39, 0.29) is 18.2 Å². The van der Waals surface area contributed by atoms with Crippen molar-refractivity contribution in [3.05, 3.63) is 46.8 Å². The van der Waals surface area contributed by atoms with Crippen LogP contribution in [0.4, 0.5) is 0 Å². The van der Waals surface area contributed by atoms with Crippen LogP contribution >= 0.6 is 0 Å². The number of nitrogens with zero attached hydrogens (tertiary/aromatic N) is 3. The lowest BCUT2D eigenvalue weighted by atomic mass is 9.95. The van der Waals surface area contributed by atoms with Gasteiger partial charge in [-0.05, 0) is 49.9 Å². The molecule has 3 aromatic rings. The molecule has 0 spiro atoms. The normalized spacial score (nSPS) is 16.0. The topological polar surface area (TPSA) is 116 Å². The largest absolute Gasteiger partial charge is 0.496 e. The molecule has 34 heavy (non-hydrogen) atoms. The second kappa shape index (κ2) is 9.99. The van der Waals surface area contributed by atoms with Crippen LogP contribution in [-0.2, 0) is 11.3 Å². The van der Waals surface area contributed by atoms with E-state index in [4.69, 9.17) is 14.2 Å². The van der Waals surface area contributed by atoms with Crippen LogP contribution in [0.1, 0.15) is 58.8 Å². The molecule has 1 fully saturated rings. The van der Waals surface area contributed by atoms with Crippen LogP contribution < -0.4 is 9.47 Å². The number of carboxylic acid groups (broad SMARTS) is 1. The van der Waals surface area contributed by atoms with Gasteiger partial charge in [-0.25, -0.2) is 4.79 Å². The van der Waals surface area contributed by atoms with Gasteiger partial charge in [-0.1, -0.05) is 12.8 Å². The van der Waals surface area contributed by atoms with Crippen LogP contribution in [0.2, 0.25) is 0 Å². The van der Waals surface area contributed by atoms with Gasteiger partial charge in [-0.15, -0.1) is 0 Å². The first-order valence-electron chi connectivity index (χ1n) is 11.4. The number of aromatic carboxylic acids is 1. The van der Waals surface area contributed by atoms with Gasteiger partial charge in [-0.2, -0.15) is 5.10 Å². The third kappa shape index (κ3) is 4.58. The highest BCUT2D eigenvalue weighted by Gasteiger charge is 2.31. The van der Waals surface area contributed by atoms with Crippen molar-refractivity contribution in [1.82, 2.24) is 14.8 Å². The molecule has 2 atom stereocenters. The van der Waals surface area contributed by atoms with Gasteiger partial charge in [0.25, 0.3) is 0 Å². The third-order valence-electron chi connectivity index (χ3n) is 6.58. The van der Waals surface area contributed by atoms with Crippen LogP contribution in [0.15, 0.2) is 24.5 Å². The van der Waals surface area contributed by atoms with Gasteiger partial charge in [0.1, 0.15) is 34.7 Å². The number of aromatic nitrogens is 3. The van der Waals surface area contributed by atoms with Crippen molar-refractivity contribution in [1.29, 1.82) is 0 Å². The molecular formula is C25H31N3O6. The van der Waals surface area contributed by atoms with Crippen LogP contribution in [0, 0.1) is 13.8 Å². The van der Waals surface area contributed by atoms with E-state index < -0.39 is 18.2 Å². The number of carbonyl (C=O) groups is 1. The molecule has 9 heteroatoms. The highest BCUT2D eigenvalue weighted by Crippen LogP contribution is 2.38. The second-order valence-electron chi connectivity index (χ2n) is 8.73. The average Bonchev–Trinajstić information content (AvgIpc) is 3.47. The van der Waals surface area contributed by atoms with Crippen molar-refractivity contribution < 1.29 is 29.2 Å². The van der Waals surface area contributed by atoms with Gasteiger partial charge in [0, 0.05) is 11.8 Å². The molecule has 0 radical (unpaired) electrons. The lowest BCUT2D eigenvalue weighted by molar-refractivity contribution is -0.0846. The van der Waals surface area contributed by atoms with Crippen LogP contribution in [0.3, 0.4) is 0 Å². The number of aliphatic hydroxyl groups excluding tert-OH is 1. The average molecular weight is 470 g/mol. The fourth-order valence-electron chi connectivity index (χ4n) is 4.82. The summed E-state index contributed by atoms with van der Waals surface area (Å²) < 4.78 is 19.1. The molecule has 1 aliphatic carbocycles.